The Balaban J connectivity index is 2.28. The van der Waals surface area contributed by atoms with E-state index in [1.807, 2.05) is 31.2 Å². The molecular weight excluding hydrogens is 306 g/mol. The third kappa shape index (κ3) is 5.47. The first-order chi connectivity index (χ1) is 12.2. The Labute approximate surface area is 151 Å². The molecule has 2 rings (SSSR count). The average Bonchev–Trinajstić information content (AvgIpc) is 2.67. The molecule has 0 aromatic heterocycles. The fraction of sp³-hybridized carbons (Fsp3) is 0.217. The highest BCUT2D eigenvalue weighted by atomic mass is 16.5. The van der Waals surface area contributed by atoms with Crippen molar-refractivity contribution >= 4 is 0 Å². The highest BCUT2D eigenvalue weighted by molar-refractivity contribution is 5.34. The van der Waals surface area contributed by atoms with E-state index >= 15 is 0 Å². The molecule has 0 saturated carbocycles. The molecule has 0 aliphatic heterocycles. The highest BCUT2D eigenvalue weighted by Gasteiger charge is 2.17. The van der Waals surface area contributed by atoms with E-state index in [4.69, 9.17) is 4.74 Å². The van der Waals surface area contributed by atoms with Crippen molar-refractivity contribution in [3.8, 4) is 0 Å². The lowest BCUT2D eigenvalue weighted by Gasteiger charge is -2.25. The summed E-state index contributed by atoms with van der Waals surface area (Å²) >= 11 is 0. The van der Waals surface area contributed by atoms with Gasteiger partial charge in [0.15, 0.2) is 0 Å². The highest BCUT2D eigenvalue weighted by Crippen LogP contribution is 2.23. The van der Waals surface area contributed by atoms with Gasteiger partial charge in [0.25, 0.3) is 0 Å². The van der Waals surface area contributed by atoms with Crippen molar-refractivity contribution in [2.75, 3.05) is 7.11 Å². The van der Waals surface area contributed by atoms with Crippen molar-refractivity contribution in [1.82, 2.24) is 5.32 Å². The number of allylic oxidation sites excluding steroid dienone is 3. The first kappa shape index (κ1) is 18.8. The van der Waals surface area contributed by atoms with Crippen LogP contribution in [0.2, 0.25) is 0 Å². The lowest BCUT2D eigenvalue weighted by molar-refractivity contribution is 0.293. The fourth-order valence-electron chi connectivity index (χ4n) is 2.69. The molecule has 0 spiro atoms. The van der Waals surface area contributed by atoms with Gasteiger partial charge in [-0.05, 0) is 36.6 Å². The first-order valence-corrected chi connectivity index (χ1v) is 8.56. The van der Waals surface area contributed by atoms with Gasteiger partial charge in [-0.1, -0.05) is 79.4 Å². The Bertz CT molecular complexity index is 677. The van der Waals surface area contributed by atoms with E-state index < -0.39 is 0 Å². The zero-order valence-electron chi connectivity index (χ0n) is 15.3. The van der Waals surface area contributed by atoms with Crippen molar-refractivity contribution in [3.63, 3.8) is 0 Å². The number of nitrogens with one attached hydrogen (secondary N) is 1. The van der Waals surface area contributed by atoms with Crippen molar-refractivity contribution < 1.29 is 4.74 Å². The third-order valence-corrected chi connectivity index (χ3v) is 4.25. The maximum absolute atomic E-state index is 5.21. The summed E-state index contributed by atoms with van der Waals surface area (Å²) in [7, 11) is 1.68. The van der Waals surface area contributed by atoms with E-state index in [0.29, 0.717) is 0 Å². The van der Waals surface area contributed by atoms with Crippen LogP contribution >= 0.6 is 0 Å². The summed E-state index contributed by atoms with van der Waals surface area (Å²) in [6, 6.07) is 21.3. The predicted molar refractivity (Wildman–Crippen MR) is 106 cm³/mol. The zero-order valence-corrected chi connectivity index (χ0v) is 15.3. The first-order valence-electron chi connectivity index (χ1n) is 8.56. The summed E-state index contributed by atoms with van der Waals surface area (Å²) in [6.07, 6.45) is 5.91. The summed E-state index contributed by atoms with van der Waals surface area (Å²) in [5.74, 6) is 0.870. The molecule has 2 aromatic rings. The molecule has 1 N–H and O–H groups in total. The Hall–Kier alpha value is -2.58. The molecule has 1 unspecified atom stereocenters. The Morgan fingerprint density at radius 3 is 1.92 bits per heavy atom. The minimum absolute atomic E-state index is 0.119. The van der Waals surface area contributed by atoms with Crippen LogP contribution in [-0.2, 0) is 4.74 Å². The Morgan fingerprint density at radius 2 is 1.48 bits per heavy atom. The SMILES string of the molecule is C=C/C(=C\C=C(/C)OC)C(C)NC(c1ccccc1)c1ccccc1. The molecular formula is C23H27NO. The van der Waals surface area contributed by atoms with Crippen LogP contribution < -0.4 is 5.32 Å². The van der Waals surface area contributed by atoms with E-state index in [0.717, 1.165) is 11.3 Å². The van der Waals surface area contributed by atoms with Gasteiger partial charge in [0.1, 0.15) is 0 Å². The number of hydrogen-bond acceptors (Lipinski definition) is 2. The molecule has 25 heavy (non-hydrogen) atoms. The molecule has 0 fully saturated rings. The van der Waals surface area contributed by atoms with Gasteiger partial charge in [-0.3, -0.25) is 5.32 Å². The molecule has 2 nitrogen and oxygen atoms in total. The molecule has 130 valence electrons. The molecule has 0 aliphatic rings. The summed E-state index contributed by atoms with van der Waals surface area (Å²) < 4.78 is 5.21. The Morgan fingerprint density at radius 1 is 0.960 bits per heavy atom. The van der Waals surface area contributed by atoms with Crippen molar-refractivity contribution in [1.29, 1.82) is 0 Å². The Kier molecular flexibility index (Phi) is 7.24. The second-order valence-corrected chi connectivity index (χ2v) is 5.99. The van der Waals surface area contributed by atoms with Gasteiger partial charge in [-0.25, -0.2) is 0 Å². The molecule has 0 bridgehead atoms. The van der Waals surface area contributed by atoms with Crippen LogP contribution in [0.25, 0.3) is 0 Å². The smallest absolute Gasteiger partial charge is 0.0924 e. The van der Waals surface area contributed by atoms with Gasteiger partial charge in [0.2, 0.25) is 0 Å². The van der Waals surface area contributed by atoms with Crippen LogP contribution in [0.15, 0.2) is 96.8 Å². The molecule has 0 saturated heterocycles. The van der Waals surface area contributed by atoms with Crippen molar-refractivity contribution in [3.05, 3.63) is 108 Å². The van der Waals surface area contributed by atoms with Crippen molar-refractivity contribution in [2.45, 2.75) is 25.9 Å². The standard InChI is InChI=1S/C23H27NO/c1-5-20(17-16-18(2)25-4)19(3)24-23(21-12-8-6-9-13-21)22-14-10-7-11-15-22/h5-17,19,23-24H,1H2,2-4H3/b18-16+,20-17+. The maximum atomic E-state index is 5.21. The molecule has 0 amide bonds. The predicted octanol–water partition coefficient (Wildman–Crippen LogP) is 5.42. The van der Waals surface area contributed by atoms with E-state index in [1.54, 1.807) is 7.11 Å². The van der Waals surface area contributed by atoms with Crippen LogP contribution in [-0.4, -0.2) is 13.2 Å². The van der Waals surface area contributed by atoms with Crippen LogP contribution in [0.4, 0.5) is 0 Å². The number of benzene rings is 2. The van der Waals surface area contributed by atoms with E-state index in [-0.39, 0.29) is 12.1 Å². The molecule has 0 heterocycles. The summed E-state index contributed by atoms with van der Waals surface area (Å²) in [5.41, 5.74) is 3.61. The topological polar surface area (TPSA) is 21.3 Å². The number of methoxy groups -OCH3 is 1. The fourth-order valence-corrected chi connectivity index (χ4v) is 2.69. The van der Waals surface area contributed by atoms with Crippen LogP contribution in [0.1, 0.15) is 31.0 Å². The lowest BCUT2D eigenvalue weighted by Crippen LogP contribution is -2.32. The molecule has 2 aromatic carbocycles. The van der Waals surface area contributed by atoms with Gasteiger partial charge in [-0.2, -0.15) is 0 Å². The van der Waals surface area contributed by atoms with Gasteiger partial charge < -0.3 is 4.74 Å². The van der Waals surface area contributed by atoms with E-state index in [1.165, 1.54) is 11.1 Å². The third-order valence-electron chi connectivity index (χ3n) is 4.25. The number of hydrogen-bond donors (Lipinski definition) is 1. The lowest BCUT2D eigenvalue weighted by atomic mass is 9.96. The summed E-state index contributed by atoms with van der Waals surface area (Å²) in [5, 5.41) is 3.73. The van der Waals surface area contributed by atoms with Crippen LogP contribution in [0.3, 0.4) is 0 Å². The van der Waals surface area contributed by atoms with Gasteiger partial charge in [0, 0.05) is 6.04 Å². The quantitative estimate of drug-likeness (QED) is 0.515. The van der Waals surface area contributed by atoms with E-state index in [2.05, 4.69) is 73.4 Å². The summed E-state index contributed by atoms with van der Waals surface area (Å²) in [6.45, 7) is 8.05. The minimum atomic E-state index is 0.119. The number of ether oxygens (including phenoxy) is 1. The maximum Gasteiger partial charge on any atom is 0.0924 e. The largest absolute Gasteiger partial charge is 0.501 e. The second-order valence-electron chi connectivity index (χ2n) is 5.99. The van der Waals surface area contributed by atoms with Crippen LogP contribution in [0, 0.1) is 0 Å². The van der Waals surface area contributed by atoms with Crippen molar-refractivity contribution in [2.24, 2.45) is 0 Å². The average molecular weight is 333 g/mol. The normalized spacial score (nSPS) is 13.6. The van der Waals surface area contributed by atoms with Crippen LogP contribution in [0.5, 0.6) is 0 Å². The minimum Gasteiger partial charge on any atom is -0.501 e. The van der Waals surface area contributed by atoms with Gasteiger partial charge >= 0.3 is 0 Å². The molecule has 2 heteroatoms. The van der Waals surface area contributed by atoms with Gasteiger partial charge in [-0.15, -0.1) is 0 Å². The monoisotopic (exact) mass is 333 g/mol. The zero-order chi connectivity index (χ0) is 18.1. The van der Waals surface area contributed by atoms with Gasteiger partial charge in [0.05, 0.1) is 18.9 Å². The summed E-state index contributed by atoms with van der Waals surface area (Å²) in [4.78, 5) is 0. The molecule has 0 radical (unpaired) electrons. The number of rotatable bonds is 8. The molecule has 0 aliphatic carbocycles. The van der Waals surface area contributed by atoms with E-state index in [9.17, 15) is 0 Å². The molecule has 1 atom stereocenters. The second kappa shape index (κ2) is 9.65.